The van der Waals surface area contributed by atoms with Gasteiger partial charge < -0.3 is 16.0 Å². The zero-order valence-electron chi connectivity index (χ0n) is 9.46. The van der Waals surface area contributed by atoms with Crippen LogP contribution in [0.1, 0.15) is 26.2 Å². The van der Waals surface area contributed by atoms with Gasteiger partial charge in [-0.05, 0) is 43.7 Å². The summed E-state index contributed by atoms with van der Waals surface area (Å²) in [6, 6.07) is -0.259. The summed E-state index contributed by atoms with van der Waals surface area (Å²) >= 11 is 0. The van der Waals surface area contributed by atoms with E-state index >= 15 is 0 Å². The van der Waals surface area contributed by atoms with Crippen molar-refractivity contribution in [1.29, 1.82) is 0 Å². The molecule has 2 rings (SSSR count). The second-order valence-electron chi connectivity index (χ2n) is 5.05. The number of carbonyl (C=O) groups is 1. The molecule has 2 aliphatic heterocycles. The van der Waals surface area contributed by atoms with E-state index in [9.17, 15) is 4.79 Å². The third-order valence-electron chi connectivity index (χ3n) is 4.33. The second kappa shape index (κ2) is 4.00. The van der Waals surface area contributed by atoms with Crippen LogP contribution in [-0.2, 0) is 0 Å². The SMILES string of the molecule is CC1CN(C(N)=O)CCC12CCNCC2. The largest absolute Gasteiger partial charge is 0.351 e. The monoisotopic (exact) mass is 211 g/mol. The maximum Gasteiger partial charge on any atom is 0.314 e. The number of nitrogens with one attached hydrogen (secondary N) is 1. The molecule has 1 unspecified atom stereocenters. The van der Waals surface area contributed by atoms with Gasteiger partial charge in [0.1, 0.15) is 0 Å². The third kappa shape index (κ3) is 1.95. The molecule has 4 heteroatoms. The maximum absolute atomic E-state index is 11.1. The normalized spacial score (nSPS) is 30.5. The number of rotatable bonds is 0. The Hall–Kier alpha value is -0.770. The number of primary amides is 1. The number of likely N-dealkylation sites (tertiary alicyclic amines) is 1. The Kier molecular flexibility index (Phi) is 2.87. The van der Waals surface area contributed by atoms with Crippen molar-refractivity contribution < 1.29 is 4.79 Å². The quantitative estimate of drug-likeness (QED) is 0.622. The average Bonchev–Trinajstić information content (AvgIpc) is 2.23. The summed E-state index contributed by atoms with van der Waals surface area (Å²) in [4.78, 5) is 12.9. The minimum absolute atomic E-state index is 0.259. The summed E-state index contributed by atoms with van der Waals surface area (Å²) in [7, 11) is 0. The zero-order chi connectivity index (χ0) is 10.9. The number of piperidine rings is 2. The number of nitrogens with two attached hydrogens (primary N) is 1. The number of carbonyl (C=O) groups excluding carboxylic acids is 1. The molecule has 2 fully saturated rings. The van der Waals surface area contributed by atoms with Gasteiger partial charge >= 0.3 is 6.03 Å². The van der Waals surface area contributed by atoms with Gasteiger partial charge in [-0.15, -0.1) is 0 Å². The molecule has 2 saturated heterocycles. The smallest absolute Gasteiger partial charge is 0.314 e. The lowest BCUT2D eigenvalue weighted by molar-refractivity contribution is 0.0336. The van der Waals surface area contributed by atoms with Gasteiger partial charge in [0.25, 0.3) is 0 Å². The Morgan fingerprint density at radius 3 is 2.60 bits per heavy atom. The van der Waals surface area contributed by atoms with Crippen LogP contribution in [0.25, 0.3) is 0 Å². The van der Waals surface area contributed by atoms with Gasteiger partial charge in [0, 0.05) is 13.1 Å². The molecule has 0 aromatic carbocycles. The zero-order valence-corrected chi connectivity index (χ0v) is 9.46. The number of hydrogen-bond acceptors (Lipinski definition) is 2. The molecule has 0 saturated carbocycles. The summed E-state index contributed by atoms with van der Waals surface area (Å²) in [6.45, 7) is 6.21. The van der Waals surface area contributed by atoms with Crippen molar-refractivity contribution in [2.75, 3.05) is 26.2 Å². The lowest BCUT2D eigenvalue weighted by Gasteiger charge is -2.48. The van der Waals surface area contributed by atoms with E-state index in [1.54, 1.807) is 4.90 Å². The van der Waals surface area contributed by atoms with Crippen LogP contribution >= 0.6 is 0 Å². The highest BCUT2D eigenvalue weighted by atomic mass is 16.2. The van der Waals surface area contributed by atoms with E-state index in [-0.39, 0.29) is 6.03 Å². The van der Waals surface area contributed by atoms with Gasteiger partial charge in [0.05, 0.1) is 0 Å². The molecule has 1 spiro atoms. The summed E-state index contributed by atoms with van der Waals surface area (Å²) in [5, 5.41) is 3.41. The Morgan fingerprint density at radius 2 is 2.07 bits per heavy atom. The molecule has 2 amide bonds. The molecule has 0 aliphatic carbocycles. The minimum atomic E-state index is -0.259. The second-order valence-corrected chi connectivity index (χ2v) is 5.05. The molecule has 3 N–H and O–H groups in total. The summed E-state index contributed by atoms with van der Waals surface area (Å²) in [5.41, 5.74) is 5.79. The van der Waals surface area contributed by atoms with Crippen LogP contribution < -0.4 is 11.1 Å². The first kappa shape index (κ1) is 10.7. The maximum atomic E-state index is 11.1. The van der Waals surface area contributed by atoms with Crippen LogP contribution in [0.4, 0.5) is 4.79 Å². The highest BCUT2D eigenvalue weighted by molar-refractivity contribution is 5.72. The topological polar surface area (TPSA) is 58.4 Å². The predicted molar refractivity (Wildman–Crippen MR) is 59.5 cm³/mol. The molecule has 0 aromatic heterocycles. The van der Waals surface area contributed by atoms with E-state index < -0.39 is 0 Å². The molecule has 0 aromatic rings. The number of hydrogen-bond donors (Lipinski definition) is 2. The number of urea groups is 1. The average molecular weight is 211 g/mol. The molecule has 15 heavy (non-hydrogen) atoms. The summed E-state index contributed by atoms with van der Waals surface area (Å²) in [5.74, 6) is 0.584. The van der Waals surface area contributed by atoms with Crippen molar-refractivity contribution in [2.24, 2.45) is 17.1 Å². The van der Waals surface area contributed by atoms with Crippen molar-refractivity contribution in [1.82, 2.24) is 10.2 Å². The fraction of sp³-hybridized carbons (Fsp3) is 0.909. The Bertz CT molecular complexity index is 248. The van der Waals surface area contributed by atoms with E-state index in [2.05, 4.69) is 12.2 Å². The van der Waals surface area contributed by atoms with E-state index in [4.69, 9.17) is 5.73 Å². The number of amides is 2. The van der Waals surface area contributed by atoms with Gasteiger partial charge in [-0.2, -0.15) is 0 Å². The molecular formula is C11H21N3O. The molecule has 0 radical (unpaired) electrons. The molecule has 2 heterocycles. The van der Waals surface area contributed by atoms with Crippen LogP contribution in [0.2, 0.25) is 0 Å². The van der Waals surface area contributed by atoms with E-state index in [1.807, 2.05) is 0 Å². The Balaban J connectivity index is 2.02. The minimum Gasteiger partial charge on any atom is -0.351 e. The van der Waals surface area contributed by atoms with Gasteiger partial charge in [-0.3, -0.25) is 0 Å². The summed E-state index contributed by atoms with van der Waals surface area (Å²) in [6.07, 6.45) is 3.63. The highest BCUT2D eigenvalue weighted by Crippen LogP contribution is 2.43. The Morgan fingerprint density at radius 1 is 1.40 bits per heavy atom. The first-order chi connectivity index (χ1) is 7.14. The fourth-order valence-electron chi connectivity index (χ4n) is 3.09. The van der Waals surface area contributed by atoms with E-state index in [1.165, 1.54) is 12.8 Å². The van der Waals surface area contributed by atoms with Crippen molar-refractivity contribution in [3.8, 4) is 0 Å². The van der Waals surface area contributed by atoms with Crippen molar-refractivity contribution in [2.45, 2.75) is 26.2 Å². The van der Waals surface area contributed by atoms with Gasteiger partial charge in [-0.1, -0.05) is 6.92 Å². The van der Waals surface area contributed by atoms with Crippen LogP contribution in [0.15, 0.2) is 0 Å². The molecule has 2 aliphatic rings. The predicted octanol–water partition coefficient (Wildman–Crippen LogP) is 0.777. The first-order valence-corrected chi connectivity index (χ1v) is 5.89. The number of nitrogens with zero attached hydrogens (tertiary/aromatic N) is 1. The van der Waals surface area contributed by atoms with E-state index in [0.29, 0.717) is 11.3 Å². The Labute approximate surface area is 91.2 Å². The van der Waals surface area contributed by atoms with Crippen LogP contribution in [0.3, 0.4) is 0 Å². The molecule has 0 bridgehead atoms. The van der Waals surface area contributed by atoms with Crippen LogP contribution in [0.5, 0.6) is 0 Å². The highest BCUT2D eigenvalue weighted by Gasteiger charge is 2.41. The fourth-order valence-corrected chi connectivity index (χ4v) is 3.09. The molecule has 4 nitrogen and oxygen atoms in total. The van der Waals surface area contributed by atoms with Gasteiger partial charge in [0.2, 0.25) is 0 Å². The van der Waals surface area contributed by atoms with Gasteiger partial charge in [0.15, 0.2) is 0 Å². The summed E-state index contributed by atoms with van der Waals surface area (Å²) < 4.78 is 0. The molecule has 86 valence electrons. The molecular weight excluding hydrogens is 190 g/mol. The van der Waals surface area contributed by atoms with Crippen LogP contribution in [0, 0.1) is 11.3 Å². The molecule has 1 atom stereocenters. The van der Waals surface area contributed by atoms with E-state index in [0.717, 1.165) is 32.6 Å². The lowest BCUT2D eigenvalue weighted by Crippen LogP contribution is -2.53. The van der Waals surface area contributed by atoms with Crippen molar-refractivity contribution in [3.63, 3.8) is 0 Å². The lowest BCUT2D eigenvalue weighted by atomic mass is 9.65. The standard InChI is InChI=1S/C11H21N3O/c1-9-8-14(10(12)15)7-4-11(9)2-5-13-6-3-11/h9,13H,2-8H2,1H3,(H2,12,15). The third-order valence-corrected chi connectivity index (χ3v) is 4.33. The van der Waals surface area contributed by atoms with Crippen molar-refractivity contribution >= 4 is 6.03 Å². The first-order valence-electron chi connectivity index (χ1n) is 5.89. The van der Waals surface area contributed by atoms with Gasteiger partial charge in [-0.25, -0.2) is 4.79 Å². The van der Waals surface area contributed by atoms with Crippen molar-refractivity contribution in [3.05, 3.63) is 0 Å². The van der Waals surface area contributed by atoms with Crippen LogP contribution in [-0.4, -0.2) is 37.1 Å².